The van der Waals surface area contributed by atoms with Gasteiger partial charge in [0.25, 0.3) is 0 Å². The summed E-state index contributed by atoms with van der Waals surface area (Å²) in [5.74, 6) is 3.15. The topological polar surface area (TPSA) is 15.3 Å². The number of nitrogens with zero attached hydrogens (tertiary/aromatic N) is 1. The molecule has 0 radical (unpaired) electrons. The largest absolute Gasteiger partial charge is 0.250 e. The summed E-state index contributed by atoms with van der Waals surface area (Å²) >= 11 is 0. The lowest BCUT2D eigenvalue weighted by Crippen LogP contribution is -2.61. The molecule has 3 heteroatoms. The lowest BCUT2D eigenvalue weighted by molar-refractivity contribution is -0.0483. The van der Waals surface area contributed by atoms with Gasteiger partial charge in [-0.2, -0.15) is 0 Å². The predicted molar refractivity (Wildman–Crippen MR) is 65.0 cm³/mol. The third-order valence-electron chi connectivity index (χ3n) is 4.50. The van der Waals surface area contributed by atoms with E-state index in [2.05, 4.69) is 24.5 Å². The van der Waals surface area contributed by atoms with Gasteiger partial charge in [0.15, 0.2) is 0 Å². The first-order chi connectivity index (χ1) is 6.65. The first kappa shape index (κ1) is 11.7. The van der Waals surface area contributed by atoms with Crippen molar-refractivity contribution in [1.82, 2.24) is 10.4 Å². The molecule has 1 N–H and O–H groups in total. The van der Waals surface area contributed by atoms with Crippen molar-refractivity contribution < 1.29 is 0 Å². The molecule has 0 heterocycles. The highest BCUT2D eigenvalue weighted by atomic mass is 35.5. The Balaban J connectivity index is 0.000000853. The second kappa shape index (κ2) is 3.90. The third kappa shape index (κ3) is 2.04. The number of hydrogen-bond donors (Lipinski definition) is 1. The maximum absolute atomic E-state index is 3.72. The Labute approximate surface area is 99.2 Å². The lowest BCUT2D eigenvalue weighted by Gasteiger charge is -2.57. The van der Waals surface area contributed by atoms with Gasteiger partial charge in [0, 0.05) is 19.6 Å². The predicted octanol–water partition coefficient (Wildman–Crippen LogP) is 2.44. The quantitative estimate of drug-likeness (QED) is 0.734. The minimum Gasteiger partial charge on any atom is -0.250 e. The van der Waals surface area contributed by atoms with Gasteiger partial charge in [-0.05, 0) is 56.3 Å². The van der Waals surface area contributed by atoms with Crippen molar-refractivity contribution in [2.75, 3.05) is 14.1 Å². The van der Waals surface area contributed by atoms with Gasteiger partial charge in [0.1, 0.15) is 0 Å². The Kier molecular flexibility index (Phi) is 3.04. The monoisotopic (exact) mass is 230 g/mol. The van der Waals surface area contributed by atoms with E-state index in [0.717, 1.165) is 17.8 Å². The van der Waals surface area contributed by atoms with Crippen LogP contribution in [0.3, 0.4) is 0 Å². The standard InChI is InChI=1S/C12H22N2.ClH/c1-14(2)13-12-6-9-3-10(7-12)5-11(4-9)8-12;/h9-11,13H,3-8H2,1-2H3;1H. The first-order valence-corrected chi connectivity index (χ1v) is 6.10. The smallest absolute Gasteiger partial charge is 0.0333 e. The van der Waals surface area contributed by atoms with E-state index in [-0.39, 0.29) is 12.4 Å². The summed E-state index contributed by atoms with van der Waals surface area (Å²) in [6.45, 7) is 0. The van der Waals surface area contributed by atoms with Crippen LogP contribution in [0.15, 0.2) is 0 Å². The Bertz CT molecular complexity index is 198. The maximum atomic E-state index is 3.72. The van der Waals surface area contributed by atoms with Crippen molar-refractivity contribution in [3.8, 4) is 0 Å². The molecule has 0 spiro atoms. The number of nitrogens with one attached hydrogen (secondary N) is 1. The molecular weight excluding hydrogens is 208 g/mol. The second-order valence-electron chi connectivity index (χ2n) is 6.20. The van der Waals surface area contributed by atoms with Gasteiger partial charge < -0.3 is 0 Å². The van der Waals surface area contributed by atoms with Crippen LogP contribution in [-0.4, -0.2) is 24.6 Å². The van der Waals surface area contributed by atoms with E-state index in [9.17, 15) is 0 Å². The van der Waals surface area contributed by atoms with Crippen LogP contribution in [-0.2, 0) is 0 Å². The molecular formula is C12H23ClN2. The van der Waals surface area contributed by atoms with Crippen molar-refractivity contribution >= 4 is 12.4 Å². The molecule has 0 aromatic rings. The Morgan fingerprint density at radius 3 is 1.67 bits per heavy atom. The molecule has 0 atom stereocenters. The van der Waals surface area contributed by atoms with Crippen LogP contribution in [0.25, 0.3) is 0 Å². The molecule has 0 aliphatic heterocycles. The fourth-order valence-electron chi connectivity index (χ4n) is 4.72. The summed E-state index contributed by atoms with van der Waals surface area (Å²) in [4.78, 5) is 0. The van der Waals surface area contributed by atoms with Crippen LogP contribution >= 0.6 is 12.4 Å². The zero-order valence-electron chi connectivity index (χ0n) is 9.83. The second-order valence-corrected chi connectivity index (χ2v) is 6.20. The zero-order chi connectivity index (χ0) is 9.76. The molecule has 0 aromatic carbocycles. The highest BCUT2D eigenvalue weighted by Gasteiger charge is 2.50. The molecule has 0 aromatic heterocycles. The van der Waals surface area contributed by atoms with E-state index in [1.54, 1.807) is 0 Å². The van der Waals surface area contributed by atoms with Gasteiger partial charge in [0.2, 0.25) is 0 Å². The molecule has 4 bridgehead atoms. The van der Waals surface area contributed by atoms with E-state index in [4.69, 9.17) is 0 Å². The molecule has 4 rings (SSSR count). The highest BCUT2D eigenvalue weighted by molar-refractivity contribution is 5.85. The van der Waals surface area contributed by atoms with E-state index >= 15 is 0 Å². The van der Waals surface area contributed by atoms with Crippen LogP contribution in [0.1, 0.15) is 38.5 Å². The van der Waals surface area contributed by atoms with Crippen LogP contribution in [0.5, 0.6) is 0 Å². The molecule has 2 nitrogen and oxygen atoms in total. The minimum atomic E-state index is 0. The summed E-state index contributed by atoms with van der Waals surface area (Å²) in [7, 11) is 4.27. The lowest BCUT2D eigenvalue weighted by atomic mass is 9.53. The summed E-state index contributed by atoms with van der Waals surface area (Å²) in [6, 6.07) is 0. The van der Waals surface area contributed by atoms with Gasteiger partial charge in [-0.3, -0.25) is 5.01 Å². The summed E-state index contributed by atoms with van der Waals surface area (Å²) in [5, 5.41) is 2.17. The van der Waals surface area contributed by atoms with Gasteiger partial charge in [-0.1, -0.05) is 0 Å². The van der Waals surface area contributed by atoms with Gasteiger partial charge in [-0.25, -0.2) is 5.43 Å². The summed E-state index contributed by atoms with van der Waals surface area (Å²) in [6.07, 6.45) is 8.93. The molecule has 4 saturated carbocycles. The minimum absolute atomic E-state index is 0. The van der Waals surface area contributed by atoms with Crippen molar-refractivity contribution in [3.63, 3.8) is 0 Å². The maximum Gasteiger partial charge on any atom is 0.0333 e. The van der Waals surface area contributed by atoms with E-state index in [0.29, 0.717) is 5.54 Å². The fourth-order valence-corrected chi connectivity index (χ4v) is 4.72. The summed E-state index contributed by atoms with van der Waals surface area (Å²) < 4.78 is 0. The average molecular weight is 231 g/mol. The molecule has 4 aliphatic carbocycles. The third-order valence-corrected chi connectivity index (χ3v) is 4.50. The van der Waals surface area contributed by atoms with Crippen LogP contribution in [0.2, 0.25) is 0 Å². The average Bonchev–Trinajstić information content (AvgIpc) is 1.96. The number of hydrazine groups is 1. The summed E-state index contributed by atoms with van der Waals surface area (Å²) in [5.41, 5.74) is 4.22. The number of rotatable bonds is 2. The van der Waals surface area contributed by atoms with Crippen molar-refractivity contribution in [2.24, 2.45) is 17.8 Å². The van der Waals surface area contributed by atoms with Crippen molar-refractivity contribution in [1.29, 1.82) is 0 Å². The molecule has 15 heavy (non-hydrogen) atoms. The zero-order valence-corrected chi connectivity index (χ0v) is 10.6. The molecule has 0 unspecified atom stereocenters. The van der Waals surface area contributed by atoms with Crippen LogP contribution < -0.4 is 5.43 Å². The first-order valence-electron chi connectivity index (χ1n) is 6.10. The number of hydrogen-bond acceptors (Lipinski definition) is 2. The van der Waals surface area contributed by atoms with Crippen molar-refractivity contribution in [3.05, 3.63) is 0 Å². The molecule has 4 aliphatic rings. The molecule has 0 saturated heterocycles. The molecule has 4 fully saturated rings. The van der Waals surface area contributed by atoms with E-state index in [1.807, 2.05) is 0 Å². The fraction of sp³-hybridized carbons (Fsp3) is 1.00. The normalized spacial score (nSPS) is 47.0. The van der Waals surface area contributed by atoms with Crippen molar-refractivity contribution in [2.45, 2.75) is 44.1 Å². The van der Waals surface area contributed by atoms with Gasteiger partial charge >= 0.3 is 0 Å². The Morgan fingerprint density at radius 1 is 0.933 bits per heavy atom. The van der Waals surface area contributed by atoms with Crippen LogP contribution in [0, 0.1) is 17.8 Å². The number of halogens is 1. The Morgan fingerprint density at radius 2 is 1.33 bits per heavy atom. The molecule has 88 valence electrons. The van der Waals surface area contributed by atoms with Crippen LogP contribution in [0.4, 0.5) is 0 Å². The van der Waals surface area contributed by atoms with E-state index in [1.165, 1.54) is 38.5 Å². The van der Waals surface area contributed by atoms with E-state index < -0.39 is 0 Å². The van der Waals surface area contributed by atoms with Gasteiger partial charge in [0.05, 0.1) is 0 Å². The SMILES string of the molecule is CN(C)NC12CC3CC(CC(C3)C1)C2.Cl. The highest BCUT2D eigenvalue weighted by Crippen LogP contribution is 2.55. The van der Waals surface area contributed by atoms with Gasteiger partial charge in [-0.15, -0.1) is 12.4 Å². The molecule has 0 amide bonds. The Hall–Kier alpha value is 0.210.